The Morgan fingerprint density at radius 3 is 2.75 bits per heavy atom. The molecule has 20 heavy (non-hydrogen) atoms. The fourth-order valence-corrected chi connectivity index (χ4v) is 3.20. The van der Waals surface area contributed by atoms with Crippen LogP contribution in [0.4, 0.5) is 0 Å². The third kappa shape index (κ3) is 1.92. The number of aromatic nitrogens is 4. The normalized spacial score (nSPS) is 16.7. The van der Waals surface area contributed by atoms with Crippen LogP contribution in [0.2, 0.25) is 5.02 Å². The van der Waals surface area contributed by atoms with Crippen LogP contribution >= 0.6 is 27.5 Å². The Hall–Kier alpha value is -1.47. The number of halogens is 2. The van der Waals surface area contributed by atoms with Gasteiger partial charge in [-0.25, -0.2) is 9.48 Å². The lowest BCUT2D eigenvalue weighted by Crippen LogP contribution is -2.48. The van der Waals surface area contributed by atoms with Crippen LogP contribution in [-0.4, -0.2) is 31.3 Å². The lowest BCUT2D eigenvalue weighted by molar-refractivity contribution is -0.153. The molecular weight excluding hydrogens is 348 g/mol. The van der Waals surface area contributed by atoms with E-state index in [0.717, 1.165) is 10.9 Å². The van der Waals surface area contributed by atoms with Crippen molar-refractivity contribution in [3.63, 3.8) is 0 Å². The summed E-state index contributed by atoms with van der Waals surface area (Å²) in [6.07, 6.45) is 1.92. The van der Waals surface area contributed by atoms with Gasteiger partial charge >= 0.3 is 5.97 Å². The summed E-state index contributed by atoms with van der Waals surface area (Å²) in [6, 6.07) is 5.21. The highest BCUT2D eigenvalue weighted by molar-refractivity contribution is 9.10. The zero-order valence-corrected chi connectivity index (χ0v) is 12.6. The molecule has 1 aromatic carbocycles. The third-order valence-corrected chi connectivity index (χ3v) is 4.52. The van der Waals surface area contributed by atoms with Crippen molar-refractivity contribution in [3.8, 4) is 11.4 Å². The maximum absolute atomic E-state index is 11.6. The Bertz CT molecular complexity index is 684. The number of hydrogen-bond acceptors (Lipinski definition) is 4. The number of tetrazole rings is 1. The van der Waals surface area contributed by atoms with E-state index in [4.69, 9.17) is 11.6 Å². The lowest BCUT2D eigenvalue weighted by atomic mass is 9.76. The van der Waals surface area contributed by atoms with Crippen LogP contribution in [-0.2, 0) is 10.3 Å². The van der Waals surface area contributed by atoms with Crippen LogP contribution in [0.5, 0.6) is 0 Å². The predicted molar refractivity (Wildman–Crippen MR) is 75.4 cm³/mol. The van der Waals surface area contributed by atoms with Crippen molar-refractivity contribution in [3.05, 3.63) is 27.7 Å². The molecule has 6 nitrogen and oxygen atoms in total. The Morgan fingerprint density at radius 1 is 1.45 bits per heavy atom. The quantitative estimate of drug-likeness (QED) is 0.913. The van der Waals surface area contributed by atoms with Crippen LogP contribution in [0, 0.1) is 0 Å². The summed E-state index contributed by atoms with van der Waals surface area (Å²) in [4.78, 5) is 11.6. The summed E-state index contributed by atoms with van der Waals surface area (Å²) in [7, 11) is 0. The molecule has 0 radical (unpaired) electrons. The third-order valence-electron chi connectivity index (χ3n) is 3.63. The Balaban J connectivity index is 2.13. The first-order valence-electron chi connectivity index (χ1n) is 6.02. The number of benzene rings is 1. The van der Waals surface area contributed by atoms with Crippen LogP contribution in [0.3, 0.4) is 0 Å². The number of carboxylic acid groups (broad SMARTS) is 1. The van der Waals surface area contributed by atoms with E-state index in [1.807, 2.05) is 0 Å². The molecule has 1 aliphatic rings. The molecule has 1 saturated carbocycles. The summed E-state index contributed by atoms with van der Waals surface area (Å²) in [5, 5.41) is 21.6. The molecule has 3 rings (SSSR count). The molecule has 1 aliphatic carbocycles. The van der Waals surface area contributed by atoms with E-state index in [2.05, 4.69) is 31.5 Å². The smallest absolute Gasteiger partial charge is 0.331 e. The fraction of sp³-hybridized carbons (Fsp3) is 0.333. The highest BCUT2D eigenvalue weighted by Gasteiger charge is 2.49. The number of rotatable bonds is 3. The van der Waals surface area contributed by atoms with Crippen molar-refractivity contribution in [1.82, 2.24) is 20.2 Å². The van der Waals surface area contributed by atoms with Crippen molar-refractivity contribution < 1.29 is 9.90 Å². The van der Waals surface area contributed by atoms with E-state index in [0.29, 0.717) is 29.3 Å². The molecule has 0 unspecified atom stereocenters. The van der Waals surface area contributed by atoms with E-state index in [1.54, 1.807) is 18.2 Å². The first-order valence-corrected chi connectivity index (χ1v) is 7.19. The molecule has 0 aliphatic heterocycles. The molecule has 1 N–H and O–H groups in total. The van der Waals surface area contributed by atoms with Gasteiger partial charge in [-0.3, -0.25) is 0 Å². The van der Waals surface area contributed by atoms with Gasteiger partial charge in [0.2, 0.25) is 0 Å². The maximum Gasteiger partial charge on any atom is 0.331 e. The Labute approximate surface area is 127 Å². The molecule has 0 saturated heterocycles. The molecule has 104 valence electrons. The monoisotopic (exact) mass is 356 g/mol. The Morgan fingerprint density at radius 2 is 2.20 bits per heavy atom. The number of nitrogens with zero attached hydrogens (tertiary/aromatic N) is 4. The van der Waals surface area contributed by atoms with Gasteiger partial charge in [0.25, 0.3) is 0 Å². The van der Waals surface area contributed by atoms with Gasteiger partial charge in [-0.1, -0.05) is 11.6 Å². The van der Waals surface area contributed by atoms with Crippen molar-refractivity contribution >= 4 is 33.5 Å². The molecule has 1 aromatic heterocycles. The summed E-state index contributed by atoms with van der Waals surface area (Å²) in [6.45, 7) is 0. The van der Waals surface area contributed by atoms with Crippen LogP contribution in [0.25, 0.3) is 11.4 Å². The lowest BCUT2D eigenvalue weighted by Gasteiger charge is -2.37. The standard InChI is InChI=1S/C12H10BrClN4O2/c13-9-6-7(14)2-3-8(9)10-15-16-17-18(10)12(11(19)20)4-1-5-12/h2-3,6H,1,4-5H2,(H,19,20). The molecule has 8 heteroatoms. The van der Waals surface area contributed by atoms with Gasteiger partial charge in [0, 0.05) is 15.1 Å². The SMILES string of the molecule is O=C(O)C1(n2nnnc2-c2ccc(Cl)cc2Br)CCC1. The average Bonchev–Trinajstić information content (AvgIpc) is 2.76. The largest absolute Gasteiger partial charge is 0.479 e. The molecule has 0 spiro atoms. The van der Waals surface area contributed by atoms with Crippen molar-refractivity contribution in [2.24, 2.45) is 0 Å². The minimum absolute atomic E-state index is 0.427. The van der Waals surface area contributed by atoms with E-state index < -0.39 is 11.5 Å². The van der Waals surface area contributed by atoms with Crippen molar-refractivity contribution in [2.45, 2.75) is 24.8 Å². The first kappa shape index (κ1) is 13.5. The molecular formula is C12H10BrClN4O2. The summed E-state index contributed by atoms with van der Waals surface area (Å²) < 4.78 is 2.13. The van der Waals surface area contributed by atoms with Gasteiger partial charge in [0.05, 0.1) is 0 Å². The number of carbonyl (C=O) groups is 1. The highest BCUT2D eigenvalue weighted by atomic mass is 79.9. The molecule has 1 heterocycles. The second-order valence-corrected chi connectivity index (χ2v) is 6.02. The minimum atomic E-state index is -1.03. The van der Waals surface area contributed by atoms with Crippen LogP contribution in [0.15, 0.2) is 22.7 Å². The molecule has 0 bridgehead atoms. The second kappa shape index (κ2) is 4.82. The summed E-state index contributed by atoms with van der Waals surface area (Å²) >= 11 is 9.32. The van der Waals surface area contributed by atoms with E-state index >= 15 is 0 Å². The molecule has 2 aromatic rings. The summed E-state index contributed by atoms with van der Waals surface area (Å²) in [5.74, 6) is -0.474. The van der Waals surface area contributed by atoms with Gasteiger partial charge in [0.1, 0.15) is 0 Å². The number of aliphatic carboxylic acids is 1. The molecule has 0 amide bonds. The van der Waals surface area contributed by atoms with Gasteiger partial charge < -0.3 is 5.11 Å². The van der Waals surface area contributed by atoms with E-state index in [1.165, 1.54) is 4.68 Å². The van der Waals surface area contributed by atoms with Crippen LogP contribution in [0.1, 0.15) is 19.3 Å². The number of carboxylic acids is 1. The fourth-order valence-electron chi connectivity index (χ4n) is 2.34. The first-order chi connectivity index (χ1) is 9.54. The Kier molecular flexibility index (Phi) is 3.25. The maximum atomic E-state index is 11.6. The van der Waals surface area contributed by atoms with E-state index in [9.17, 15) is 9.90 Å². The minimum Gasteiger partial charge on any atom is -0.479 e. The van der Waals surface area contributed by atoms with Gasteiger partial charge in [-0.2, -0.15) is 0 Å². The zero-order chi connectivity index (χ0) is 14.3. The van der Waals surface area contributed by atoms with Crippen molar-refractivity contribution in [1.29, 1.82) is 0 Å². The number of hydrogen-bond donors (Lipinski definition) is 1. The topological polar surface area (TPSA) is 80.9 Å². The van der Waals surface area contributed by atoms with Gasteiger partial charge in [-0.15, -0.1) is 5.10 Å². The molecule has 1 fully saturated rings. The average molecular weight is 358 g/mol. The van der Waals surface area contributed by atoms with Crippen molar-refractivity contribution in [2.75, 3.05) is 0 Å². The molecule has 0 atom stereocenters. The van der Waals surface area contributed by atoms with Gasteiger partial charge in [0.15, 0.2) is 11.4 Å². The summed E-state index contributed by atoms with van der Waals surface area (Å²) in [5.41, 5.74) is -0.315. The zero-order valence-electron chi connectivity index (χ0n) is 10.3. The predicted octanol–water partition coefficient (Wildman–Crippen LogP) is 2.72. The van der Waals surface area contributed by atoms with E-state index in [-0.39, 0.29) is 0 Å². The highest BCUT2D eigenvalue weighted by Crippen LogP contribution is 2.41. The van der Waals surface area contributed by atoms with Gasteiger partial charge in [-0.05, 0) is 63.8 Å². The van der Waals surface area contributed by atoms with Crippen LogP contribution < -0.4 is 0 Å². The second-order valence-electron chi connectivity index (χ2n) is 4.73.